The molecule has 0 bridgehead atoms. The van der Waals surface area contributed by atoms with E-state index in [0.29, 0.717) is 30.9 Å². The van der Waals surface area contributed by atoms with Crippen LogP contribution in [0.25, 0.3) is 0 Å². The Kier molecular flexibility index (Phi) is 6.52. The molecule has 1 fully saturated rings. The molecule has 6 nitrogen and oxygen atoms in total. The highest BCUT2D eigenvalue weighted by Gasteiger charge is 2.32. The monoisotopic (exact) mass is 391 g/mol. The highest BCUT2D eigenvalue weighted by atomic mass is 32.2. The molecule has 1 N–H and O–H groups in total. The molecule has 27 heavy (non-hydrogen) atoms. The summed E-state index contributed by atoms with van der Waals surface area (Å²) in [6.45, 7) is 3.28. The normalized spacial score (nSPS) is 21.5. The lowest BCUT2D eigenvalue weighted by Crippen LogP contribution is -2.37. The summed E-state index contributed by atoms with van der Waals surface area (Å²) in [5.74, 6) is 0.950. The van der Waals surface area contributed by atoms with E-state index in [1.807, 2.05) is 11.8 Å². The number of carbonyl (C=O) groups is 1. The number of rotatable bonds is 7. The number of anilines is 1. The molecule has 0 saturated carbocycles. The third-order valence-corrected chi connectivity index (χ3v) is 7.16. The van der Waals surface area contributed by atoms with Gasteiger partial charge in [0.15, 0.2) is 9.84 Å². The lowest BCUT2D eigenvalue weighted by atomic mass is 9.97. The molecule has 2 heterocycles. The van der Waals surface area contributed by atoms with Crippen molar-refractivity contribution in [2.24, 2.45) is 0 Å². The fourth-order valence-electron chi connectivity index (χ4n) is 3.92. The van der Waals surface area contributed by atoms with E-state index in [1.54, 1.807) is 18.3 Å². The summed E-state index contributed by atoms with van der Waals surface area (Å²) in [4.78, 5) is 18.9. The fraction of sp³-hybridized carbons (Fsp3) is 0.600. The fourth-order valence-corrected chi connectivity index (χ4v) is 5.65. The number of sulfone groups is 1. The molecule has 2 aliphatic rings. The summed E-state index contributed by atoms with van der Waals surface area (Å²) < 4.78 is 23.6. The first-order chi connectivity index (χ1) is 13.0. The van der Waals surface area contributed by atoms with Crippen LogP contribution in [0, 0.1) is 0 Å². The Morgan fingerprint density at radius 2 is 2.22 bits per heavy atom. The van der Waals surface area contributed by atoms with Crippen LogP contribution in [-0.2, 0) is 9.84 Å². The molecule has 1 atom stereocenters. The molecule has 148 valence electrons. The Bertz CT molecular complexity index is 804. The zero-order valence-electron chi connectivity index (χ0n) is 16.0. The van der Waals surface area contributed by atoms with Crippen molar-refractivity contribution >= 4 is 21.6 Å². The van der Waals surface area contributed by atoms with Crippen molar-refractivity contribution in [3.05, 3.63) is 35.5 Å². The van der Waals surface area contributed by atoms with Crippen LogP contribution in [0.4, 0.5) is 5.82 Å². The highest BCUT2D eigenvalue weighted by molar-refractivity contribution is 7.91. The largest absolute Gasteiger partial charge is 0.353 e. The van der Waals surface area contributed by atoms with Gasteiger partial charge < -0.3 is 10.2 Å². The summed E-state index contributed by atoms with van der Waals surface area (Å²) in [6, 6.07) is 3.41. The third-order valence-electron chi connectivity index (χ3n) is 5.41. The van der Waals surface area contributed by atoms with Gasteiger partial charge in [-0.05, 0) is 57.6 Å². The molecule has 7 heteroatoms. The molecule has 1 aromatic heterocycles. The minimum Gasteiger partial charge on any atom is -0.353 e. The minimum absolute atomic E-state index is 0.0657. The first-order valence-electron chi connectivity index (χ1n) is 9.88. The quantitative estimate of drug-likeness (QED) is 0.723. The molecule has 3 rings (SSSR count). The number of amides is 1. The Balaban J connectivity index is 1.61. The molecule has 1 saturated heterocycles. The van der Waals surface area contributed by atoms with Crippen molar-refractivity contribution in [1.82, 2.24) is 10.3 Å². The van der Waals surface area contributed by atoms with Gasteiger partial charge in [-0.2, -0.15) is 0 Å². The van der Waals surface area contributed by atoms with Crippen LogP contribution in [0.15, 0.2) is 30.0 Å². The third kappa shape index (κ3) is 5.31. The van der Waals surface area contributed by atoms with Crippen molar-refractivity contribution < 1.29 is 13.2 Å². The van der Waals surface area contributed by atoms with Gasteiger partial charge in [-0.15, -0.1) is 0 Å². The molecule has 0 radical (unpaired) electrons. The van der Waals surface area contributed by atoms with E-state index < -0.39 is 9.84 Å². The van der Waals surface area contributed by atoms with Gasteiger partial charge in [0.05, 0.1) is 11.5 Å². The summed E-state index contributed by atoms with van der Waals surface area (Å²) >= 11 is 0. The van der Waals surface area contributed by atoms with Gasteiger partial charge in [0.1, 0.15) is 5.82 Å². The van der Waals surface area contributed by atoms with Gasteiger partial charge in [-0.25, -0.2) is 13.4 Å². The average Bonchev–Trinajstić information content (AvgIpc) is 3.03. The number of nitrogens with one attached hydrogen (secondary N) is 1. The molecule has 0 aromatic carbocycles. The predicted octanol–water partition coefficient (Wildman–Crippen LogP) is 2.72. The zero-order valence-corrected chi connectivity index (χ0v) is 16.8. The SMILES string of the molecule is CCN(c1cc(C(=O)NCCC2=CCCCC2)ccn1)C1CCS(=O)(=O)C1. The van der Waals surface area contributed by atoms with Gasteiger partial charge in [0.2, 0.25) is 0 Å². The number of carbonyl (C=O) groups excluding carboxylic acids is 1. The predicted molar refractivity (Wildman–Crippen MR) is 108 cm³/mol. The lowest BCUT2D eigenvalue weighted by Gasteiger charge is -2.28. The topological polar surface area (TPSA) is 79.4 Å². The second-order valence-electron chi connectivity index (χ2n) is 7.36. The van der Waals surface area contributed by atoms with Crippen molar-refractivity contribution in [3.8, 4) is 0 Å². The molecule has 0 spiro atoms. The van der Waals surface area contributed by atoms with E-state index in [0.717, 1.165) is 19.3 Å². The Morgan fingerprint density at radius 1 is 1.37 bits per heavy atom. The van der Waals surface area contributed by atoms with E-state index >= 15 is 0 Å². The second-order valence-corrected chi connectivity index (χ2v) is 9.59. The first kappa shape index (κ1) is 19.9. The van der Waals surface area contributed by atoms with Gasteiger partial charge in [-0.3, -0.25) is 4.79 Å². The highest BCUT2D eigenvalue weighted by Crippen LogP contribution is 2.23. The Hall–Kier alpha value is -1.89. The summed E-state index contributed by atoms with van der Waals surface area (Å²) in [5, 5.41) is 2.99. The van der Waals surface area contributed by atoms with Gasteiger partial charge in [-0.1, -0.05) is 11.6 Å². The summed E-state index contributed by atoms with van der Waals surface area (Å²) in [6.07, 6.45) is 10.3. The maximum atomic E-state index is 12.5. The Labute approximate surface area is 162 Å². The average molecular weight is 392 g/mol. The maximum absolute atomic E-state index is 12.5. The van der Waals surface area contributed by atoms with Crippen LogP contribution < -0.4 is 10.2 Å². The van der Waals surface area contributed by atoms with Crippen molar-refractivity contribution in [1.29, 1.82) is 0 Å². The van der Waals surface area contributed by atoms with Crippen LogP contribution in [0.3, 0.4) is 0 Å². The van der Waals surface area contributed by atoms with Crippen LogP contribution in [0.2, 0.25) is 0 Å². The van der Waals surface area contributed by atoms with E-state index in [-0.39, 0.29) is 23.5 Å². The minimum atomic E-state index is -2.96. The summed E-state index contributed by atoms with van der Waals surface area (Å²) in [5.41, 5.74) is 2.01. The number of nitrogens with zero attached hydrogens (tertiary/aromatic N) is 2. The summed E-state index contributed by atoms with van der Waals surface area (Å²) in [7, 11) is -2.96. The molecular weight excluding hydrogens is 362 g/mol. The number of pyridine rings is 1. The zero-order chi connectivity index (χ0) is 19.3. The molecule has 1 unspecified atom stereocenters. The van der Waals surface area contributed by atoms with Crippen molar-refractivity contribution in [2.45, 2.75) is 51.5 Å². The van der Waals surface area contributed by atoms with Crippen LogP contribution >= 0.6 is 0 Å². The van der Waals surface area contributed by atoms with Crippen molar-refractivity contribution in [2.75, 3.05) is 29.5 Å². The number of allylic oxidation sites excluding steroid dienone is 1. The van der Waals surface area contributed by atoms with Crippen molar-refractivity contribution in [3.63, 3.8) is 0 Å². The number of hydrogen-bond donors (Lipinski definition) is 1. The van der Waals surface area contributed by atoms with Gasteiger partial charge in [0.25, 0.3) is 5.91 Å². The van der Waals surface area contributed by atoms with Crippen LogP contribution in [-0.4, -0.2) is 49.9 Å². The number of aromatic nitrogens is 1. The molecule has 1 aromatic rings. The maximum Gasteiger partial charge on any atom is 0.251 e. The standard InChI is InChI=1S/C20H29N3O3S/c1-2-23(18-10-13-27(25,26)15-18)19-14-17(9-12-21-19)20(24)22-11-8-16-6-4-3-5-7-16/h6,9,12,14,18H,2-5,7-8,10-11,13,15H2,1H3,(H,22,24). The van der Waals surface area contributed by atoms with E-state index in [4.69, 9.17) is 0 Å². The molecule has 1 amide bonds. The van der Waals surface area contributed by atoms with E-state index in [2.05, 4.69) is 16.4 Å². The molecule has 1 aliphatic carbocycles. The van der Waals surface area contributed by atoms with E-state index in [1.165, 1.54) is 18.4 Å². The Morgan fingerprint density at radius 3 is 2.89 bits per heavy atom. The molecule has 1 aliphatic heterocycles. The van der Waals surface area contributed by atoms with Gasteiger partial charge in [0, 0.05) is 30.9 Å². The lowest BCUT2D eigenvalue weighted by molar-refractivity contribution is 0.0954. The first-order valence-corrected chi connectivity index (χ1v) is 11.7. The van der Waals surface area contributed by atoms with Crippen LogP contribution in [0.5, 0.6) is 0 Å². The molecular formula is C20H29N3O3S. The van der Waals surface area contributed by atoms with Gasteiger partial charge >= 0.3 is 0 Å². The second kappa shape index (κ2) is 8.87. The smallest absolute Gasteiger partial charge is 0.251 e. The van der Waals surface area contributed by atoms with Crippen LogP contribution in [0.1, 0.15) is 55.8 Å². The van der Waals surface area contributed by atoms with E-state index in [9.17, 15) is 13.2 Å². The number of hydrogen-bond acceptors (Lipinski definition) is 5.